The van der Waals surface area contributed by atoms with Crippen molar-refractivity contribution in [3.63, 3.8) is 0 Å². The van der Waals surface area contributed by atoms with Crippen LogP contribution < -0.4 is 19.5 Å². The van der Waals surface area contributed by atoms with Gasteiger partial charge in [-0.05, 0) is 32.0 Å². The van der Waals surface area contributed by atoms with Crippen molar-refractivity contribution >= 4 is 23.2 Å². The zero-order valence-electron chi connectivity index (χ0n) is 15.9. The van der Waals surface area contributed by atoms with Crippen molar-refractivity contribution in [2.24, 2.45) is 0 Å². The first-order valence-electron chi connectivity index (χ1n) is 8.60. The van der Waals surface area contributed by atoms with E-state index >= 15 is 0 Å². The molecule has 0 bridgehead atoms. The zero-order chi connectivity index (χ0) is 19.8. The molecule has 0 saturated carbocycles. The smallest absolute Gasteiger partial charge is 0.255 e. The predicted octanol–water partition coefficient (Wildman–Crippen LogP) is 4.54. The number of amides is 1. The Morgan fingerprint density at radius 2 is 1.74 bits per heavy atom. The average Bonchev–Trinajstić information content (AvgIpc) is 2.68. The predicted molar refractivity (Wildman–Crippen MR) is 105 cm³/mol. The number of methoxy groups -OCH3 is 2. The first-order chi connectivity index (χ1) is 13.0. The molecule has 6 nitrogen and oxygen atoms in total. The summed E-state index contributed by atoms with van der Waals surface area (Å²) in [6, 6.07) is 8.45. The van der Waals surface area contributed by atoms with E-state index in [-0.39, 0.29) is 5.91 Å². The van der Waals surface area contributed by atoms with Crippen molar-refractivity contribution in [3.05, 3.63) is 46.5 Å². The number of carbonyl (C=O) groups excluding carboxylic acids is 1. The van der Waals surface area contributed by atoms with Gasteiger partial charge in [0.05, 0.1) is 38.1 Å². The van der Waals surface area contributed by atoms with Gasteiger partial charge in [0.1, 0.15) is 17.2 Å². The van der Waals surface area contributed by atoms with E-state index in [9.17, 15) is 4.79 Å². The lowest BCUT2D eigenvalue weighted by molar-refractivity contribution is 0.102. The Morgan fingerprint density at radius 3 is 2.37 bits per heavy atom. The molecular weight excluding hydrogens is 370 g/mol. The summed E-state index contributed by atoms with van der Waals surface area (Å²) in [5.41, 5.74) is 1.75. The summed E-state index contributed by atoms with van der Waals surface area (Å²) in [5.74, 6) is 1.29. The Kier molecular flexibility index (Phi) is 7.76. The Hall–Kier alpha value is -2.44. The molecule has 2 aromatic rings. The van der Waals surface area contributed by atoms with Crippen LogP contribution in [-0.2, 0) is 11.3 Å². The topological polar surface area (TPSA) is 66.0 Å². The van der Waals surface area contributed by atoms with Crippen LogP contribution in [0.25, 0.3) is 0 Å². The third-order valence-corrected chi connectivity index (χ3v) is 4.10. The molecule has 0 saturated heterocycles. The molecule has 27 heavy (non-hydrogen) atoms. The molecule has 2 rings (SSSR count). The van der Waals surface area contributed by atoms with Gasteiger partial charge >= 0.3 is 0 Å². The minimum atomic E-state index is -0.293. The lowest BCUT2D eigenvalue weighted by atomic mass is 10.1. The fourth-order valence-electron chi connectivity index (χ4n) is 2.49. The van der Waals surface area contributed by atoms with Crippen LogP contribution >= 0.6 is 11.6 Å². The number of rotatable bonds is 9. The first-order valence-corrected chi connectivity index (χ1v) is 8.98. The monoisotopic (exact) mass is 393 g/mol. The molecule has 0 atom stereocenters. The van der Waals surface area contributed by atoms with E-state index in [1.54, 1.807) is 30.3 Å². The van der Waals surface area contributed by atoms with Crippen molar-refractivity contribution in [1.29, 1.82) is 0 Å². The Morgan fingerprint density at radius 1 is 1.00 bits per heavy atom. The minimum absolute atomic E-state index is 0.293. The third-order valence-electron chi connectivity index (χ3n) is 3.81. The summed E-state index contributed by atoms with van der Waals surface area (Å²) in [6.07, 6.45) is 0. The second-order valence-corrected chi connectivity index (χ2v) is 5.94. The van der Waals surface area contributed by atoms with Crippen LogP contribution in [0, 0.1) is 0 Å². The maximum atomic E-state index is 12.7. The minimum Gasteiger partial charge on any atom is -0.495 e. The lowest BCUT2D eigenvalue weighted by Crippen LogP contribution is -2.14. The molecule has 2 aromatic carbocycles. The highest BCUT2D eigenvalue weighted by atomic mass is 35.5. The first kappa shape index (κ1) is 20.9. The molecule has 0 radical (unpaired) electrons. The lowest BCUT2D eigenvalue weighted by Gasteiger charge is -2.15. The number of anilines is 1. The molecule has 0 unspecified atom stereocenters. The van der Waals surface area contributed by atoms with Gasteiger partial charge in [0.25, 0.3) is 5.91 Å². The summed E-state index contributed by atoms with van der Waals surface area (Å²) in [5, 5.41) is 3.23. The molecule has 0 aliphatic carbocycles. The summed E-state index contributed by atoms with van der Waals surface area (Å²) in [7, 11) is 3.01. The second-order valence-electron chi connectivity index (χ2n) is 5.53. The number of ether oxygens (including phenoxy) is 4. The Bertz CT molecular complexity index is 794. The van der Waals surface area contributed by atoms with E-state index in [2.05, 4.69) is 5.32 Å². The second kappa shape index (κ2) is 10.0. The molecule has 0 aromatic heterocycles. The van der Waals surface area contributed by atoms with Gasteiger partial charge in [-0.25, -0.2) is 0 Å². The molecular formula is C20H24ClNO5. The highest BCUT2D eigenvalue weighted by Gasteiger charge is 2.15. The number of nitrogens with one attached hydrogen (secondary N) is 1. The van der Waals surface area contributed by atoms with Crippen molar-refractivity contribution in [2.45, 2.75) is 20.5 Å². The van der Waals surface area contributed by atoms with Gasteiger partial charge < -0.3 is 24.3 Å². The fourth-order valence-corrected chi connectivity index (χ4v) is 2.73. The standard InChI is InChI=1S/C20H24ClNO5/c1-5-26-12-14-9-13(7-8-17(14)27-6-2)20(23)22-16-11-18(24-3)15(21)10-19(16)25-4/h7-11H,5-6,12H2,1-4H3,(H,22,23). The van der Waals surface area contributed by atoms with E-state index in [1.807, 2.05) is 13.8 Å². The van der Waals surface area contributed by atoms with Gasteiger partial charge in [-0.1, -0.05) is 11.6 Å². The highest BCUT2D eigenvalue weighted by Crippen LogP contribution is 2.36. The molecule has 1 amide bonds. The van der Waals surface area contributed by atoms with E-state index in [4.69, 9.17) is 30.5 Å². The third kappa shape index (κ3) is 5.28. The number of hydrogen-bond donors (Lipinski definition) is 1. The summed E-state index contributed by atoms with van der Waals surface area (Å²) in [6.45, 7) is 5.30. The highest BCUT2D eigenvalue weighted by molar-refractivity contribution is 6.32. The molecule has 0 aliphatic rings. The molecule has 146 valence electrons. The normalized spacial score (nSPS) is 10.4. The van der Waals surface area contributed by atoms with E-state index in [0.29, 0.717) is 53.3 Å². The molecule has 0 heterocycles. The molecule has 0 aliphatic heterocycles. The SMILES string of the molecule is CCOCc1cc(C(=O)Nc2cc(OC)c(Cl)cc2OC)ccc1OCC. The molecule has 1 N–H and O–H groups in total. The maximum Gasteiger partial charge on any atom is 0.255 e. The van der Waals surface area contributed by atoms with Crippen LogP contribution in [0.5, 0.6) is 17.2 Å². The largest absolute Gasteiger partial charge is 0.495 e. The Labute approximate surface area is 164 Å². The zero-order valence-corrected chi connectivity index (χ0v) is 16.7. The summed E-state index contributed by atoms with van der Waals surface area (Å²) in [4.78, 5) is 12.7. The van der Waals surface area contributed by atoms with Crippen LogP contribution in [0.15, 0.2) is 30.3 Å². The van der Waals surface area contributed by atoms with Crippen LogP contribution in [0.2, 0.25) is 5.02 Å². The molecule has 0 fully saturated rings. The molecule has 0 spiro atoms. The quantitative estimate of drug-likeness (QED) is 0.677. The van der Waals surface area contributed by atoms with Gasteiger partial charge in [0, 0.05) is 29.9 Å². The van der Waals surface area contributed by atoms with Crippen molar-refractivity contribution in [2.75, 3.05) is 32.8 Å². The van der Waals surface area contributed by atoms with Gasteiger partial charge in [-0.2, -0.15) is 0 Å². The van der Waals surface area contributed by atoms with Crippen molar-refractivity contribution < 1.29 is 23.7 Å². The maximum absolute atomic E-state index is 12.7. The number of benzene rings is 2. The van der Waals surface area contributed by atoms with Crippen LogP contribution in [0.3, 0.4) is 0 Å². The van der Waals surface area contributed by atoms with Crippen LogP contribution in [0.1, 0.15) is 29.8 Å². The Balaban J connectivity index is 2.30. The fraction of sp³-hybridized carbons (Fsp3) is 0.350. The van der Waals surface area contributed by atoms with Crippen molar-refractivity contribution in [3.8, 4) is 17.2 Å². The van der Waals surface area contributed by atoms with E-state index in [1.165, 1.54) is 14.2 Å². The van der Waals surface area contributed by atoms with Gasteiger partial charge in [0.2, 0.25) is 0 Å². The van der Waals surface area contributed by atoms with Gasteiger partial charge in [-0.15, -0.1) is 0 Å². The van der Waals surface area contributed by atoms with Crippen LogP contribution in [0.4, 0.5) is 5.69 Å². The number of carbonyl (C=O) groups is 1. The number of halogens is 1. The average molecular weight is 394 g/mol. The van der Waals surface area contributed by atoms with Gasteiger partial charge in [-0.3, -0.25) is 4.79 Å². The van der Waals surface area contributed by atoms with E-state index < -0.39 is 0 Å². The molecule has 7 heteroatoms. The van der Waals surface area contributed by atoms with E-state index in [0.717, 1.165) is 5.56 Å². The summed E-state index contributed by atoms with van der Waals surface area (Å²) >= 11 is 6.10. The van der Waals surface area contributed by atoms with Crippen LogP contribution in [-0.4, -0.2) is 33.3 Å². The van der Waals surface area contributed by atoms with Crippen molar-refractivity contribution in [1.82, 2.24) is 0 Å². The van der Waals surface area contributed by atoms with Gasteiger partial charge in [0.15, 0.2) is 0 Å². The number of hydrogen-bond acceptors (Lipinski definition) is 5. The summed E-state index contributed by atoms with van der Waals surface area (Å²) < 4.78 is 21.6.